The van der Waals surface area contributed by atoms with Gasteiger partial charge < -0.3 is 15.3 Å². The Balaban J connectivity index is 0. The summed E-state index contributed by atoms with van der Waals surface area (Å²) in [5.41, 5.74) is 0. The minimum absolute atomic E-state index is 0.0833. The van der Waals surface area contributed by atoms with Crippen LogP contribution in [0, 0.1) is 0 Å². The molecule has 0 aliphatic carbocycles. The molecular weight excluding hydrogens is 212 g/mol. The molecule has 6 nitrogen and oxygen atoms in total. The van der Waals surface area contributed by atoms with E-state index in [0.29, 0.717) is 0 Å². The van der Waals surface area contributed by atoms with Crippen molar-refractivity contribution in [3.63, 3.8) is 0 Å². The second-order valence-electron chi connectivity index (χ2n) is 2.53. The number of aliphatic hydroxyl groups is 2. The molecule has 0 spiro atoms. The Morgan fingerprint density at radius 3 is 2.21 bits per heavy atom. The van der Waals surface area contributed by atoms with Gasteiger partial charge in [-0.05, 0) is 0 Å². The highest BCUT2D eigenvalue weighted by Gasteiger charge is 2.06. The molecule has 0 aromatic rings. The van der Waals surface area contributed by atoms with Gasteiger partial charge in [0.05, 0.1) is 19.5 Å². The van der Waals surface area contributed by atoms with Crippen molar-refractivity contribution in [2.24, 2.45) is 0 Å². The van der Waals surface area contributed by atoms with Crippen molar-refractivity contribution in [2.75, 3.05) is 19.5 Å². The maximum absolute atomic E-state index is 10.2. The molecule has 0 heterocycles. The lowest BCUT2D eigenvalue weighted by atomic mass is 10.4. The Morgan fingerprint density at radius 1 is 1.64 bits per heavy atom. The molecule has 86 valence electrons. The molecule has 0 saturated heterocycles. The predicted octanol–water partition coefficient (Wildman–Crippen LogP) is -1.80. The minimum Gasteiger partial charge on any atom is -0.876 e. The van der Waals surface area contributed by atoms with Gasteiger partial charge in [-0.25, -0.2) is 0 Å². The maximum Gasteiger partial charge on any atom is 0.264 e. The average Bonchev–Trinajstić information content (AvgIpc) is 1.97. The van der Waals surface area contributed by atoms with E-state index in [4.69, 9.17) is 10.2 Å². The molecular formula is C7H15O6S-. The molecule has 7 heteroatoms. The van der Waals surface area contributed by atoms with E-state index in [1.807, 2.05) is 0 Å². The van der Waals surface area contributed by atoms with Gasteiger partial charge in [-0.15, -0.1) is 12.3 Å². The van der Waals surface area contributed by atoms with Crippen LogP contribution in [0.2, 0.25) is 0 Å². The first-order valence-corrected chi connectivity index (χ1v) is 5.46. The highest BCUT2D eigenvalue weighted by Crippen LogP contribution is 1.89. The van der Waals surface area contributed by atoms with Gasteiger partial charge in [-0.2, -0.15) is 8.42 Å². The zero-order chi connectivity index (χ0) is 11.8. The third kappa shape index (κ3) is 22.5. The number of rotatable bonds is 4. The van der Waals surface area contributed by atoms with Crippen LogP contribution < -0.4 is 5.11 Å². The van der Waals surface area contributed by atoms with Crippen molar-refractivity contribution in [3.8, 4) is 0 Å². The van der Waals surface area contributed by atoms with Gasteiger partial charge in [0, 0.05) is 0 Å². The zero-order valence-corrected chi connectivity index (χ0v) is 8.95. The van der Waals surface area contributed by atoms with E-state index < -0.39 is 29.4 Å². The number of hydrogen-bond donors (Lipinski definition) is 2. The molecule has 1 atom stereocenters. The Hall–Kier alpha value is -0.630. The SMILES string of the molecule is C=C(C)[O-].CS(=O)(=O)OC[C@H](O)CO. The molecule has 0 rings (SSSR count). The second-order valence-corrected chi connectivity index (χ2v) is 4.17. The van der Waals surface area contributed by atoms with Gasteiger partial charge in [-0.3, -0.25) is 4.18 Å². The maximum atomic E-state index is 10.2. The number of aliphatic hydroxyl groups excluding tert-OH is 2. The normalized spacial score (nSPS) is 12.6. The molecule has 0 saturated carbocycles. The van der Waals surface area contributed by atoms with Crippen LogP contribution in [0.3, 0.4) is 0 Å². The van der Waals surface area contributed by atoms with Crippen molar-refractivity contribution in [3.05, 3.63) is 12.3 Å². The van der Waals surface area contributed by atoms with Gasteiger partial charge in [0.2, 0.25) is 0 Å². The molecule has 0 bridgehead atoms. The van der Waals surface area contributed by atoms with Crippen molar-refractivity contribution in [1.29, 1.82) is 0 Å². The van der Waals surface area contributed by atoms with E-state index in [1.165, 1.54) is 6.92 Å². The molecule has 0 amide bonds. The quantitative estimate of drug-likeness (QED) is 0.433. The Morgan fingerprint density at radius 2 is 2.00 bits per heavy atom. The Labute approximate surface area is 83.6 Å². The van der Waals surface area contributed by atoms with Crippen LogP contribution in [0.5, 0.6) is 0 Å². The molecule has 0 unspecified atom stereocenters. The van der Waals surface area contributed by atoms with Crippen LogP contribution >= 0.6 is 0 Å². The lowest BCUT2D eigenvalue weighted by molar-refractivity contribution is -0.300. The van der Waals surface area contributed by atoms with E-state index in [9.17, 15) is 13.5 Å². The lowest BCUT2D eigenvalue weighted by Gasteiger charge is -2.04. The van der Waals surface area contributed by atoms with E-state index in [0.717, 1.165) is 6.26 Å². The smallest absolute Gasteiger partial charge is 0.264 e. The first-order chi connectivity index (χ1) is 6.19. The average molecular weight is 227 g/mol. The summed E-state index contributed by atoms with van der Waals surface area (Å²) in [7, 11) is -3.50. The van der Waals surface area contributed by atoms with Gasteiger partial charge in [0.1, 0.15) is 6.10 Å². The summed E-state index contributed by atoms with van der Waals surface area (Å²) in [6.45, 7) is 3.52. The Kier molecular flexibility index (Phi) is 8.75. The summed E-state index contributed by atoms with van der Waals surface area (Å²) in [6.07, 6.45) is -0.258. The summed E-state index contributed by atoms with van der Waals surface area (Å²) in [5.74, 6) is -0.0833. The molecule has 0 aromatic heterocycles. The molecule has 0 fully saturated rings. The first-order valence-electron chi connectivity index (χ1n) is 3.65. The van der Waals surface area contributed by atoms with Crippen LogP contribution in [-0.4, -0.2) is 44.2 Å². The highest BCUT2D eigenvalue weighted by molar-refractivity contribution is 7.85. The lowest BCUT2D eigenvalue weighted by Crippen LogP contribution is -2.21. The van der Waals surface area contributed by atoms with Crippen molar-refractivity contribution < 1.29 is 27.9 Å². The monoisotopic (exact) mass is 227 g/mol. The number of allylic oxidation sites excluding steroid dienone is 1. The van der Waals surface area contributed by atoms with Crippen LogP contribution in [0.15, 0.2) is 12.3 Å². The van der Waals surface area contributed by atoms with Gasteiger partial charge in [0.15, 0.2) is 0 Å². The molecule has 2 N–H and O–H groups in total. The number of hydrogen-bond acceptors (Lipinski definition) is 6. The zero-order valence-electron chi connectivity index (χ0n) is 8.13. The molecule has 14 heavy (non-hydrogen) atoms. The summed E-state index contributed by atoms with van der Waals surface area (Å²) in [5, 5.41) is 26.1. The highest BCUT2D eigenvalue weighted by atomic mass is 32.2. The van der Waals surface area contributed by atoms with E-state index in [2.05, 4.69) is 10.8 Å². The van der Waals surface area contributed by atoms with Gasteiger partial charge in [0.25, 0.3) is 10.1 Å². The third-order valence-corrected chi connectivity index (χ3v) is 1.25. The van der Waals surface area contributed by atoms with E-state index in [-0.39, 0.29) is 5.76 Å². The largest absolute Gasteiger partial charge is 0.876 e. The van der Waals surface area contributed by atoms with Gasteiger partial charge >= 0.3 is 0 Å². The molecule has 0 aliphatic heterocycles. The fraction of sp³-hybridized carbons (Fsp3) is 0.714. The van der Waals surface area contributed by atoms with Crippen LogP contribution in [-0.2, 0) is 14.3 Å². The summed E-state index contributed by atoms with van der Waals surface area (Å²) in [4.78, 5) is 0. The van der Waals surface area contributed by atoms with Crippen molar-refractivity contribution >= 4 is 10.1 Å². The van der Waals surface area contributed by atoms with Crippen LogP contribution in [0.1, 0.15) is 6.92 Å². The minimum atomic E-state index is -3.50. The molecule has 0 aliphatic rings. The summed E-state index contributed by atoms with van der Waals surface area (Å²) >= 11 is 0. The predicted molar refractivity (Wildman–Crippen MR) is 48.7 cm³/mol. The van der Waals surface area contributed by atoms with E-state index in [1.54, 1.807) is 0 Å². The fourth-order valence-electron chi connectivity index (χ4n) is 0.255. The van der Waals surface area contributed by atoms with Crippen LogP contribution in [0.25, 0.3) is 0 Å². The standard InChI is InChI=1S/C4H10O5S.C3H6O/c1-10(7,8)9-3-4(6)2-5;1-3(2)4/h4-6H,2-3H2,1H3;4H,1H2,2H3/p-1/t4-;/m1./s1. The second kappa shape index (κ2) is 7.74. The fourth-order valence-corrected chi connectivity index (χ4v) is 0.659. The van der Waals surface area contributed by atoms with E-state index >= 15 is 0 Å². The molecule has 0 aromatic carbocycles. The third-order valence-electron chi connectivity index (χ3n) is 0.685. The van der Waals surface area contributed by atoms with Crippen molar-refractivity contribution in [2.45, 2.75) is 13.0 Å². The Bertz CT molecular complexity index is 241. The first kappa shape index (κ1) is 15.8. The molecule has 0 radical (unpaired) electrons. The summed E-state index contributed by atoms with van der Waals surface area (Å²) < 4.78 is 24.6. The van der Waals surface area contributed by atoms with Crippen LogP contribution in [0.4, 0.5) is 0 Å². The van der Waals surface area contributed by atoms with Gasteiger partial charge in [-0.1, -0.05) is 6.92 Å². The topological polar surface area (TPSA) is 107 Å². The van der Waals surface area contributed by atoms with Crippen molar-refractivity contribution in [1.82, 2.24) is 0 Å². The summed E-state index contributed by atoms with van der Waals surface area (Å²) in [6, 6.07) is 0.